The first-order valence-electron chi connectivity index (χ1n) is 16.4. The maximum absolute atomic E-state index is 2.53. The Labute approximate surface area is 278 Å². The molecule has 10 rings (SSSR count). The summed E-state index contributed by atoms with van der Waals surface area (Å²) < 4.78 is 2.70. The molecule has 1 aromatic heterocycles. The molecule has 0 saturated carbocycles. The molecule has 8 aromatic carbocycles. The van der Waals surface area contributed by atoms with E-state index in [1.54, 1.807) is 0 Å². The van der Waals surface area contributed by atoms with Crippen molar-refractivity contribution >= 4 is 70.1 Å². The lowest BCUT2D eigenvalue weighted by Crippen LogP contribution is -2.16. The van der Waals surface area contributed by atoms with Gasteiger partial charge in [-0.3, -0.25) is 0 Å². The minimum Gasteiger partial charge on any atom is -0.309 e. The van der Waals surface area contributed by atoms with Gasteiger partial charge < -0.3 is 4.90 Å². The highest BCUT2D eigenvalue weighted by molar-refractivity contribution is 7.26. The Morgan fingerprint density at radius 3 is 1.81 bits per heavy atom. The summed E-state index contributed by atoms with van der Waals surface area (Å²) in [6, 6.07) is 56.2. The van der Waals surface area contributed by atoms with E-state index in [2.05, 4.69) is 170 Å². The van der Waals surface area contributed by atoms with Gasteiger partial charge in [-0.05, 0) is 80.4 Å². The van der Waals surface area contributed by atoms with Crippen LogP contribution in [0.25, 0.3) is 64.0 Å². The quantitative estimate of drug-likeness (QED) is 0.178. The molecular weight excluding hydrogens is 587 g/mol. The molecule has 0 unspecified atom stereocenters. The number of benzene rings is 8. The molecule has 0 saturated heterocycles. The van der Waals surface area contributed by atoms with Crippen molar-refractivity contribution in [2.75, 3.05) is 4.90 Å². The van der Waals surface area contributed by atoms with Gasteiger partial charge in [-0.15, -0.1) is 11.3 Å². The Morgan fingerprint density at radius 2 is 1.02 bits per heavy atom. The van der Waals surface area contributed by atoms with Gasteiger partial charge in [0.25, 0.3) is 0 Å². The van der Waals surface area contributed by atoms with Crippen LogP contribution in [0.5, 0.6) is 0 Å². The van der Waals surface area contributed by atoms with Crippen molar-refractivity contribution in [1.82, 2.24) is 0 Å². The summed E-state index contributed by atoms with van der Waals surface area (Å²) in [5.74, 6) is 0. The Bertz CT molecular complexity index is 2640. The van der Waals surface area contributed by atoms with E-state index in [1.165, 1.54) is 86.5 Å². The summed E-state index contributed by atoms with van der Waals surface area (Å²) in [5.41, 5.74) is 11.3. The van der Waals surface area contributed by atoms with Crippen molar-refractivity contribution in [3.05, 3.63) is 163 Å². The molecule has 9 aromatic rings. The fourth-order valence-corrected chi connectivity index (χ4v) is 9.45. The standard InChI is InChI=1S/C45H31NS/c1-45(2)35-18-7-6-14-33(35)42-36(45)19-11-21-38(42)46(30-26-24-29(25-27-30)28-12-4-3-5-13-28)37-20-8-15-31-32-16-9-22-39-43(32)44-34(41(31)37)17-10-23-40(44)47-39/h3-27H,1-2H3. The summed E-state index contributed by atoms with van der Waals surface area (Å²) in [6.07, 6.45) is 0. The van der Waals surface area contributed by atoms with Crippen LogP contribution >= 0.6 is 11.3 Å². The second-order valence-corrected chi connectivity index (χ2v) is 14.4. The average Bonchev–Trinajstić information content (AvgIpc) is 3.62. The van der Waals surface area contributed by atoms with Gasteiger partial charge in [-0.1, -0.05) is 129 Å². The van der Waals surface area contributed by atoms with Gasteiger partial charge in [0.2, 0.25) is 0 Å². The lowest BCUT2D eigenvalue weighted by Gasteiger charge is -2.30. The van der Waals surface area contributed by atoms with Crippen LogP contribution in [0, 0.1) is 0 Å². The Balaban J connectivity index is 1.32. The Morgan fingerprint density at radius 1 is 0.447 bits per heavy atom. The van der Waals surface area contributed by atoms with E-state index in [0.29, 0.717) is 0 Å². The van der Waals surface area contributed by atoms with Crippen LogP contribution in [0.15, 0.2) is 152 Å². The molecule has 1 aliphatic rings. The number of nitrogens with zero attached hydrogens (tertiary/aromatic N) is 1. The molecule has 2 heteroatoms. The molecule has 0 radical (unpaired) electrons. The Hall–Kier alpha value is -5.44. The number of fused-ring (bicyclic) bond motifs is 6. The molecule has 222 valence electrons. The summed E-state index contributed by atoms with van der Waals surface area (Å²) in [4.78, 5) is 2.53. The third-order valence-electron chi connectivity index (χ3n) is 10.4. The second-order valence-electron chi connectivity index (χ2n) is 13.3. The highest BCUT2D eigenvalue weighted by Gasteiger charge is 2.38. The van der Waals surface area contributed by atoms with Gasteiger partial charge in [-0.25, -0.2) is 0 Å². The smallest absolute Gasteiger partial charge is 0.0546 e. The fourth-order valence-electron chi connectivity index (χ4n) is 8.30. The summed E-state index contributed by atoms with van der Waals surface area (Å²) >= 11 is 1.90. The minimum absolute atomic E-state index is 0.0896. The van der Waals surface area contributed by atoms with Crippen molar-refractivity contribution in [2.24, 2.45) is 0 Å². The molecule has 1 heterocycles. The minimum atomic E-state index is -0.0896. The maximum atomic E-state index is 2.53. The first-order valence-corrected chi connectivity index (χ1v) is 17.2. The molecule has 0 N–H and O–H groups in total. The molecular formula is C45H31NS. The van der Waals surface area contributed by atoms with Crippen LogP contribution < -0.4 is 4.90 Å². The van der Waals surface area contributed by atoms with E-state index in [0.717, 1.165) is 5.69 Å². The number of thiophene rings is 1. The number of hydrogen-bond acceptors (Lipinski definition) is 2. The first-order chi connectivity index (χ1) is 23.1. The van der Waals surface area contributed by atoms with Crippen LogP contribution in [0.3, 0.4) is 0 Å². The van der Waals surface area contributed by atoms with Crippen molar-refractivity contribution in [3.8, 4) is 22.3 Å². The maximum Gasteiger partial charge on any atom is 0.0546 e. The molecule has 0 atom stereocenters. The summed E-state index contributed by atoms with van der Waals surface area (Å²) in [7, 11) is 0. The fraction of sp³-hybridized carbons (Fsp3) is 0.0667. The molecule has 1 aliphatic carbocycles. The van der Waals surface area contributed by atoms with Crippen LogP contribution in [0.4, 0.5) is 17.1 Å². The largest absolute Gasteiger partial charge is 0.309 e. The molecule has 0 spiro atoms. The molecule has 1 nitrogen and oxygen atoms in total. The summed E-state index contributed by atoms with van der Waals surface area (Å²) in [5, 5.41) is 8.01. The number of hydrogen-bond donors (Lipinski definition) is 0. The van der Waals surface area contributed by atoms with Crippen molar-refractivity contribution < 1.29 is 0 Å². The van der Waals surface area contributed by atoms with Crippen LogP contribution in [-0.2, 0) is 5.41 Å². The molecule has 0 fully saturated rings. The highest BCUT2D eigenvalue weighted by Crippen LogP contribution is 2.55. The zero-order chi connectivity index (χ0) is 31.3. The molecule has 0 aliphatic heterocycles. The normalized spacial score (nSPS) is 13.5. The Kier molecular flexibility index (Phi) is 5.57. The third kappa shape index (κ3) is 3.71. The van der Waals surface area contributed by atoms with Crippen molar-refractivity contribution in [2.45, 2.75) is 19.3 Å². The lowest BCUT2D eigenvalue weighted by atomic mass is 9.82. The van der Waals surface area contributed by atoms with E-state index in [4.69, 9.17) is 0 Å². The SMILES string of the molecule is CC1(C)c2ccccc2-c2c(N(c3ccc(-c4ccccc4)cc3)c3cccc4c5cccc6sc7cccc(c34)c7c65)cccc21. The highest BCUT2D eigenvalue weighted by atomic mass is 32.1. The van der Waals surface area contributed by atoms with E-state index < -0.39 is 0 Å². The molecule has 0 amide bonds. The second kappa shape index (κ2) is 9.78. The zero-order valence-corrected chi connectivity index (χ0v) is 27.1. The average molecular weight is 618 g/mol. The van der Waals surface area contributed by atoms with E-state index in [9.17, 15) is 0 Å². The van der Waals surface area contributed by atoms with Crippen LogP contribution in [0.2, 0.25) is 0 Å². The van der Waals surface area contributed by atoms with Gasteiger partial charge >= 0.3 is 0 Å². The van der Waals surface area contributed by atoms with Gasteiger partial charge in [0.15, 0.2) is 0 Å². The molecule has 47 heavy (non-hydrogen) atoms. The van der Waals surface area contributed by atoms with Crippen molar-refractivity contribution in [1.29, 1.82) is 0 Å². The lowest BCUT2D eigenvalue weighted by molar-refractivity contribution is 0.660. The van der Waals surface area contributed by atoms with Crippen LogP contribution in [-0.4, -0.2) is 0 Å². The molecule has 0 bridgehead atoms. The van der Waals surface area contributed by atoms with Crippen molar-refractivity contribution in [3.63, 3.8) is 0 Å². The van der Waals surface area contributed by atoms with E-state index >= 15 is 0 Å². The van der Waals surface area contributed by atoms with Gasteiger partial charge in [0.1, 0.15) is 0 Å². The number of rotatable bonds is 4. The van der Waals surface area contributed by atoms with Gasteiger partial charge in [0, 0.05) is 42.2 Å². The monoisotopic (exact) mass is 617 g/mol. The van der Waals surface area contributed by atoms with E-state index in [1.807, 2.05) is 11.3 Å². The summed E-state index contributed by atoms with van der Waals surface area (Å²) in [6.45, 7) is 4.73. The first kappa shape index (κ1) is 26.7. The topological polar surface area (TPSA) is 3.24 Å². The van der Waals surface area contributed by atoms with Crippen LogP contribution in [0.1, 0.15) is 25.0 Å². The zero-order valence-electron chi connectivity index (χ0n) is 26.3. The van der Waals surface area contributed by atoms with E-state index in [-0.39, 0.29) is 5.41 Å². The number of anilines is 3. The van der Waals surface area contributed by atoms with Gasteiger partial charge in [0.05, 0.1) is 11.4 Å². The third-order valence-corrected chi connectivity index (χ3v) is 11.5. The predicted octanol–water partition coefficient (Wildman–Crippen LogP) is 13.2. The predicted molar refractivity (Wildman–Crippen MR) is 203 cm³/mol. The van der Waals surface area contributed by atoms with Gasteiger partial charge in [-0.2, -0.15) is 0 Å².